The first-order chi connectivity index (χ1) is 9.90. The van der Waals surface area contributed by atoms with Crippen LogP contribution in [-0.4, -0.2) is 22.1 Å². The van der Waals surface area contributed by atoms with Crippen molar-refractivity contribution in [3.8, 4) is 5.75 Å². The highest BCUT2D eigenvalue weighted by Gasteiger charge is 2.16. The van der Waals surface area contributed by atoms with Crippen molar-refractivity contribution in [2.24, 2.45) is 0 Å². The predicted octanol–water partition coefficient (Wildman–Crippen LogP) is 3.24. The highest BCUT2D eigenvalue weighted by atomic mass is 79.9. The molecule has 0 unspecified atom stereocenters. The number of carboxylic acid groups (broad SMARTS) is 1. The maximum absolute atomic E-state index is 13.8. The molecule has 108 valence electrons. The lowest BCUT2D eigenvalue weighted by molar-refractivity contribution is 0.0696. The lowest BCUT2D eigenvalue weighted by Gasteiger charge is -2.09. The van der Waals surface area contributed by atoms with E-state index in [2.05, 4.69) is 21.2 Å². The quantitative estimate of drug-likeness (QED) is 0.739. The Balaban J connectivity index is 2.33. The molecule has 0 aliphatic rings. The van der Waals surface area contributed by atoms with Gasteiger partial charge < -0.3 is 15.5 Å². The van der Waals surface area contributed by atoms with Crippen LogP contribution in [0.25, 0.3) is 0 Å². The molecule has 0 atom stereocenters. The van der Waals surface area contributed by atoms with E-state index in [0.29, 0.717) is 0 Å². The van der Waals surface area contributed by atoms with Crippen LogP contribution in [0.2, 0.25) is 0 Å². The topological polar surface area (TPSA) is 86.6 Å². The summed E-state index contributed by atoms with van der Waals surface area (Å²) in [6.45, 7) is 0. The number of phenolic OH excluding ortho intramolecular Hbond substituents is 1. The Labute approximate surface area is 127 Å². The van der Waals surface area contributed by atoms with Gasteiger partial charge in [-0.1, -0.05) is 6.07 Å². The van der Waals surface area contributed by atoms with Gasteiger partial charge in [0.15, 0.2) is 0 Å². The number of nitrogens with one attached hydrogen (secondary N) is 1. The number of amides is 1. The largest absolute Gasteiger partial charge is 0.506 e. The zero-order valence-electron chi connectivity index (χ0n) is 10.4. The SMILES string of the molecule is O=C(O)c1ccc(O)c(NC(=O)c2cccc(Br)c2F)c1. The fraction of sp³-hybridized carbons (Fsp3) is 0. The van der Waals surface area contributed by atoms with Crippen LogP contribution < -0.4 is 5.32 Å². The Morgan fingerprint density at radius 3 is 2.57 bits per heavy atom. The third kappa shape index (κ3) is 3.19. The van der Waals surface area contributed by atoms with Gasteiger partial charge >= 0.3 is 5.97 Å². The number of aromatic carboxylic acids is 1. The van der Waals surface area contributed by atoms with Gasteiger partial charge in [0.25, 0.3) is 5.91 Å². The average Bonchev–Trinajstić information content (AvgIpc) is 2.43. The highest BCUT2D eigenvalue weighted by Crippen LogP contribution is 2.26. The van der Waals surface area contributed by atoms with Crippen LogP contribution in [-0.2, 0) is 0 Å². The minimum absolute atomic E-state index is 0.112. The van der Waals surface area contributed by atoms with Crippen LogP contribution in [0.15, 0.2) is 40.9 Å². The molecule has 0 spiro atoms. The second-order valence-electron chi connectivity index (χ2n) is 4.09. The molecule has 0 radical (unpaired) electrons. The minimum Gasteiger partial charge on any atom is -0.506 e. The molecular formula is C14H9BrFNO4. The summed E-state index contributed by atoms with van der Waals surface area (Å²) in [7, 11) is 0. The van der Waals surface area contributed by atoms with Crippen molar-refractivity contribution >= 4 is 33.5 Å². The maximum atomic E-state index is 13.8. The smallest absolute Gasteiger partial charge is 0.335 e. The van der Waals surface area contributed by atoms with Gasteiger partial charge in [0.2, 0.25) is 0 Å². The molecule has 0 saturated carbocycles. The van der Waals surface area contributed by atoms with E-state index in [1.807, 2.05) is 0 Å². The Morgan fingerprint density at radius 2 is 1.90 bits per heavy atom. The number of phenols is 1. The second-order valence-corrected chi connectivity index (χ2v) is 4.95. The summed E-state index contributed by atoms with van der Waals surface area (Å²) in [5.74, 6) is -3.07. The molecular weight excluding hydrogens is 345 g/mol. The molecule has 0 saturated heterocycles. The molecule has 3 N–H and O–H groups in total. The lowest BCUT2D eigenvalue weighted by Crippen LogP contribution is -2.14. The van der Waals surface area contributed by atoms with Crippen molar-refractivity contribution in [2.45, 2.75) is 0 Å². The van der Waals surface area contributed by atoms with Crippen LogP contribution in [0.1, 0.15) is 20.7 Å². The number of hydrogen-bond acceptors (Lipinski definition) is 3. The molecule has 1 amide bonds. The lowest BCUT2D eigenvalue weighted by atomic mass is 10.1. The number of halogens is 2. The Morgan fingerprint density at radius 1 is 1.19 bits per heavy atom. The summed E-state index contributed by atoms with van der Waals surface area (Å²) < 4.78 is 13.9. The van der Waals surface area contributed by atoms with Crippen molar-refractivity contribution in [3.05, 3.63) is 57.8 Å². The van der Waals surface area contributed by atoms with E-state index in [-0.39, 0.29) is 27.0 Å². The second kappa shape index (κ2) is 5.92. The molecule has 2 aromatic rings. The molecule has 0 aliphatic carbocycles. The summed E-state index contributed by atoms with van der Waals surface area (Å²) in [5, 5.41) is 20.8. The molecule has 0 heterocycles. The van der Waals surface area contributed by atoms with Crippen molar-refractivity contribution < 1.29 is 24.2 Å². The molecule has 7 heteroatoms. The highest BCUT2D eigenvalue weighted by molar-refractivity contribution is 9.10. The van der Waals surface area contributed by atoms with E-state index in [4.69, 9.17) is 5.11 Å². The first-order valence-corrected chi connectivity index (χ1v) is 6.51. The van der Waals surface area contributed by atoms with Crippen LogP contribution in [0.5, 0.6) is 5.75 Å². The van der Waals surface area contributed by atoms with Crippen molar-refractivity contribution in [1.82, 2.24) is 0 Å². The number of benzene rings is 2. The number of hydrogen-bond donors (Lipinski definition) is 3. The Kier molecular flexibility index (Phi) is 4.23. The summed E-state index contributed by atoms with van der Waals surface area (Å²) in [5.41, 5.74) is -0.457. The third-order valence-corrected chi connectivity index (χ3v) is 3.30. The van der Waals surface area contributed by atoms with Gasteiger partial charge in [0, 0.05) is 0 Å². The van der Waals surface area contributed by atoms with Crippen molar-refractivity contribution in [2.75, 3.05) is 5.32 Å². The molecule has 0 aromatic heterocycles. The molecule has 2 aromatic carbocycles. The molecule has 0 bridgehead atoms. The molecule has 0 aliphatic heterocycles. The maximum Gasteiger partial charge on any atom is 0.335 e. The number of carboxylic acids is 1. The van der Waals surface area contributed by atoms with E-state index in [9.17, 15) is 19.1 Å². The zero-order chi connectivity index (χ0) is 15.6. The van der Waals surface area contributed by atoms with Gasteiger partial charge in [-0.2, -0.15) is 0 Å². The fourth-order valence-electron chi connectivity index (χ4n) is 1.64. The van der Waals surface area contributed by atoms with E-state index >= 15 is 0 Å². The molecule has 5 nitrogen and oxygen atoms in total. The first-order valence-electron chi connectivity index (χ1n) is 5.72. The van der Waals surface area contributed by atoms with E-state index < -0.39 is 17.7 Å². The molecule has 21 heavy (non-hydrogen) atoms. The van der Waals surface area contributed by atoms with Gasteiger partial charge in [0.1, 0.15) is 11.6 Å². The van der Waals surface area contributed by atoms with Gasteiger partial charge in [0.05, 0.1) is 21.3 Å². The minimum atomic E-state index is -1.21. The van der Waals surface area contributed by atoms with Gasteiger partial charge in [-0.15, -0.1) is 0 Å². The van der Waals surface area contributed by atoms with E-state index in [1.54, 1.807) is 0 Å². The zero-order valence-corrected chi connectivity index (χ0v) is 12.0. The van der Waals surface area contributed by atoms with Crippen LogP contribution in [0.4, 0.5) is 10.1 Å². The van der Waals surface area contributed by atoms with Crippen LogP contribution >= 0.6 is 15.9 Å². The first kappa shape index (κ1) is 15.0. The summed E-state index contributed by atoms with van der Waals surface area (Å²) in [6, 6.07) is 7.60. The number of anilines is 1. The fourth-order valence-corrected chi connectivity index (χ4v) is 2.00. The van der Waals surface area contributed by atoms with Crippen molar-refractivity contribution in [3.63, 3.8) is 0 Å². The van der Waals surface area contributed by atoms with Gasteiger partial charge in [-0.25, -0.2) is 9.18 Å². The number of carbonyl (C=O) groups is 2. The predicted molar refractivity (Wildman–Crippen MR) is 77.1 cm³/mol. The molecule has 0 fully saturated rings. The van der Waals surface area contributed by atoms with Crippen molar-refractivity contribution in [1.29, 1.82) is 0 Å². The Hall–Kier alpha value is -2.41. The van der Waals surface area contributed by atoms with E-state index in [1.165, 1.54) is 24.3 Å². The monoisotopic (exact) mass is 353 g/mol. The molecule has 2 rings (SSSR count). The van der Waals surface area contributed by atoms with Gasteiger partial charge in [-0.05, 0) is 46.3 Å². The van der Waals surface area contributed by atoms with Gasteiger partial charge in [-0.3, -0.25) is 4.79 Å². The Bertz CT molecular complexity index is 733. The number of rotatable bonds is 3. The summed E-state index contributed by atoms with van der Waals surface area (Å²) >= 11 is 2.96. The van der Waals surface area contributed by atoms with E-state index in [0.717, 1.165) is 12.1 Å². The van der Waals surface area contributed by atoms with Crippen LogP contribution in [0, 0.1) is 5.82 Å². The van der Waals surface area contributed by atoms with Crippen LogP contribution in [0.3, 0.4) is 0 Å². The number of aromatic hydroxyl groups is 1. The third-order valence-electron chi connectivity index (χ3n) is 2.69. The summed E-state index contributed by atoms with van der Waals surface area (Å²) in [4.78, 5) is 22.8. The average molecular weight is 354 g/mol. The number of carbonyl (C=O) groups excluding carboxylic acids is 1. The normalized spacial score (nSPS) is 10.2. The standard InChI is InChI=1S/C14H9BrFNO4/c15-9-3-1-2-8(12(9)16)13(19)17-10-6-7(14(20)21)4-5-11(10)18/h1-6,18H,(H,17,19)(H,20,21). The summed E-state index contributed by atoms with van der Waals surface area (Å²) in [6.07, 6.45) is 0.